The molecule has 2 aromatic carbocycles. The first-order valence-corrected chi connectivity index (χ1v) is 9.46. The van der Waals surface area contributed by atoms with Gasteiger partial charge in [0.2, 0.25) is 0 Å². The molecule has 1 fully saturated rings. The van der Waals surface area contributed by atoms with E-state index >= 15 is 0 Å². The molecule has 154 valence electrons. The number of carbonyl (C=O) groups excluding carboxylic acids is 1. The standard InChI is InChI=1S/C22H29N3O.2ClH/c1-16-7-6-10-20(17(16)2)24-21-9-5-4-8-19(21)22(26)25-13-11-18(12-14-25)15-23-3;;/h4-10,18,23-24H,11-15H2,1-3H3;2*1H. The van der Waals surface area contributed by atoms with Gasteiger partial charge in [-0.05, 0) is 75.5 Å². The molecule has 0 aliphatic carbocycles. The number of hydrogen-bond acceptors (Lipinski definition) is 3. The number of amides is 1. The summed E-state index contributed by atoms with van der Waals surface area (Å²) in [4.78, 5) is 15.1. The molecule has 1 aliphatic heterocycles. The summed E-state index contributed by atoms with van der Waals surface area (Å²) < 4.78 is 0. The predicted molar refractivity (Wildman–Crippen MR) is 123 cm³/mol. The van der Waals surface area contributed by atoms with Crippen LogP contribution in [0, 0.1) is 19.8 Å². The van der Waals surface area contributed by atoms with Gasteiger partial charge in [0.25, 0.3) is 5.91 Å². The quantitative estimate of drug-likeness (QED) is 0.713. The molecule has 0 saturated carbocycles. The van der Waals surface area contributed by atoms with Crippen LogP contribution in [0.2, 0.25) is 0 Å². The molecule has 4 nitrogen and oxygen atoms in total. The van der Waals surface area contributed by atoms with Crippen molar-refractivity contribution in [3.8, 4) is 0 Å². The summed E-state index contributed by atoms with van der Waals surface area (Å²) in [6.07, 6.45) is 2.14. The fourth-order valence-electron chi connectivity index (χ4n) is 3.61. The number of nitrogens with zero attached hydrogens (tertiary/aromatic N) is 1. The van der Waals surface area contributed by atoms with Gasteiger partial charge in [-0.2, -0.15) is 0 Å². The Morgan fingerprint density at radius 2 is 1.64 bits per heavy atom. The molecule has 0 unspecified atom stereocenters. The minimum atomic E-state index is 0. The summed E-state index contributed by atoms with van der Waals surface area (Å²) in [5.41, 5.74) is 5.13. The normalized spacial score (nSPS) is 14.0. The summed E-state index contributed by atoms with van der Waals surface area (Å²) in [5.74, 6) is 0.800. The van der Waals surface area contributed by atoms with Gasteiger partial charge >= 0.3 is 0 Å². The third-order valence-corrected chi connectivity index (χ3v) is 5.43. The van der Waals surface area contributed by atoms with Crippen LogP contribution >= 0.6 is 24.8 Å². The molecule has 0 aromatic heterocycles. The van der Waals surface area contributed by atoms with Crippen LogP contribution in [-0.2, 0) is 0 Å². The summed E-state index contributed by atoms with van der Waals surface area (Å²) in [7, 11) is 1.99. The van der Waals surface area contributed by atoms with E-state index in [1.54, 1.807) is 0 Å². The highest BCUT2D eigenvalue weighted by molar-refractivity contribution is 6.00. The predicted octanol–water partition coefficient (Wildman–Crippen LogP) is 4.96. The van der Waals surface area contributed by atoms with E-state index in [0.29, 0.717) is 5.92 Å². The third-order valence-electron chi connectivity index (χ3n) is 5.43. The lowest BCUT2D eigenvalue weighted by Crippen LogP contribution is -2.40. The third kappa shape index (κ3) is 5.63. The molecule has 0 radical (unpaired) electrons. The fraction of sp³-hybridized carbons (Fsp3) is 0.409. The van der Waals surface area contributed by atoms with Gasteiger partial charge in [-0.1, -0.05) is 24.3 Å². The van der Waals surface area contributed by atoms with Crippen molar-refractivity contribution >= 4 is 42.1 Å². The van der Waals surface area contributed by atoms with Gasteiger partial charge in [-0.3, -0.25) is 4.79 Å². The summed E-state index contributed by atoms with van der Waals surface area (Å²) in [6, 6.07) is 14.0. The smallest absolute Gasteiger partial charge is 0.255 e. The summed E-state index contributed by atoms with van der Waals surface area (Å²) in [6.45, 7) is 6.92. The van der Waals surface area contributed by atoms with Crippen LogP contribution in [-0.4, -0.2) is 37.5 Å². The molecular formula is C22H31Cl2N3O. The summed E-state index contributed by atoms with van der Waals surface area (Å²) in [5, 5.41) is 6.72. The van der Waals surface area contributed by atoms with Crippen molar-refractivity contribution in [3.05, 3.63) is 59.2 Å². The van der Waals surface area contributed by atoms with E-state index in [4.69, 9.17) is 0 Å². The largest absolute Gasteiger partial charge is 0.355 e. The molecule has 6 heteroatoms. The molecule has 2 N–H and O–H groups in total. The molecule has 1 aliphatic rings. The Morgan fingerprint density at radius 3 is 2.32 bits per heavy atom. The maximum atomic E-state index is 13.1. The number of carbonyl (C=O) groups is 1. The van der Waals surface area contributed by atoms with E-state index in [0.717, 1.165) is 49.4 Å². The van der Waals surface area contributed by atoms with Crippen molar-refractivity contribution in [1.29, 1.82) is 0 Å². The van der Waals surface area contributed by atoms with E-state index in [-0.39, 0.29) is 30.7 Å². The van der Waals surface area contributed by atoms with Crippen molar-refractivity contribution in [1.82, 2.24) is 10.2 Å². The molecule has 0 atom stereocenters. The first-order chi connectivity index (χ1) is 12.6. The number of rotatable bonds is 5. The molecule has 0 bridgehead atoms. The molecule has 28 heavy (non-hydrogen) atoms. The topological polar surface area (TPSA) is 44.4 Å². The van der Waals surface area contributed by atoms with Crippen molar-refractivity contribution in [3.63, 3.8) is 0 Å². The molecule has 0 spiro atoms. The Kier molecular flexibility index (Phi) is 9.80. The second-order valence-electron chi connectivity index (χ2n) is 7.21. The molecule has 1 heterocycles. The van der Waals surface area contributed by atoms with Crippen molar-refractivity contribution in [2.24, 2.45) is 5.92 Å². The Bertz CT molecular complexity index is 774. The van der Waals surface area contributed by atoms with Crippen LogP contribution in [0.1, 0.15) is 34.3 Å². The van der Waals surface area contributed by atoms with Crippen molar-refractivity contribution < 1.29 is 4.79 Å². The fourth-order valence-corrected chi connectivity index (χ4v) is 3.61. The second-order valence-corrected chi connectivity index (χ2v) is 7.21. The number of likely N-dealkylation sites (tertiary alicyclic amines) is 1. The van der Waals surface area contributed by atoms with Crippen molar-refractivity contribution in [2.75, 3.05) is 32.0 Å². The van der Waals surface area contributed by atoms with Crippen LogP contribution < -0.4 is 10.6 Å². The lowest BCUT2D eigenvalue weighted by atomic mass is 9.96. The SMILES string of the molecule is CNCC1CCN(C(=O)c2ccccc2Nc2cccc(C)c2C)CC1.Cl.Cl. The average molecular weight is 424 g/mol. The summed E-state index contributed by atoms with van der Waals surface area (Å²) >= 11 is 0. The van der Waals surface area contributed by atoms with Crippen LogP contribution in [0.4, 0.5) is 11.4 Å². The Hall–Kier alpha value is -1.75. The maximum absolute atomic E-state index is 13.1. The van der Waals surface area contributed by atoms with Gasteiger partial charge < -0.3 is 15.5 Å². The highest BCUT2D eigenvalue weighted by atomic mass is 35.5. The molecule has 2 aromatic rings. The van der Waals surface area contributed by atoms with E-state index in [1.807, 2.05) is 42.3 Å². The zero-order chi connectivity index (χ0) is 18.5. The number of nitrogens with one attached hydrogen (secondary N) is 2. The van der Waals surface area contributed by atoms with E-state index in [9.17, 15) is 4.79 Å². The molecule has 3 rings (SSSR count). The maximum Gasteiger partial charge on any atom is 0.255 e. The number of benzene rings is 2. The number of hydrogen-bond donors (Lipinski definition) is 2. The molecular weight excluding hydrogens is 393 g/mol. The van der Waals surface area contributed by atoms with Crippen LogP contribution in [0.3, 0.4) is 0 Å². The zero-order valence-electron chi connectivity index (χ0n) is 16.8. The Morgan fingerprint density at radius 1 is 1.00 bits per heavy atom. The monoisotopic (exact) mass is 423 g/mol. The van der Waals surface area contributed by atoms with Gasteiger partial charge in [0.1, 0.15) is 0 Å². The van der Waals surface area contributed by atoms with Gasteiger partial charge in [-0.25, -0.2) is 0 Å². The zero-order valence-corrected chi connectivity index (χ0v) is 18.5. The van der Waals surface area contributed by atoms with Gasteiger partial charge in [0.05, 0.1) is 11.3 Å². The highest BCUT2D eigenvalue weighted by Crippen LogP contribution is 2.27. The lowest BCUT2D eigenvalue weighted by Gasteiger charge is -2.32. The number of para-hydroxylation sites is 1. The van der Waals surface area contributed by atoms with Gasteiger partial charge in [-0.15, -0.1) is 24.8 Å². The lowest BCUT2D eigenvalue weighted by molar-refractivity contribution is 0.0692. The number of piperidine rings is 1. The number of aryl methyl sites for hydroxylation is 1. The van der Waals surface area contributed by atoms with Crippen molar-refractivity contribution in [2.45, 2.75) is 26.7 Å². The minimum Gasteiger partial charge on any atom is -0.355 e. The minimum absolute atomic E-state index is 0. The average Bonchev–Trinajstić information content (AvgIpc) is 2.66. The first-order valence-electron chi connectivity index (χ1n) is 9.46. The van der Waals surface area contributed by atoms with E-state index < -0.39 is 0 Å². The number of anilines is 2. The van der Waals surface area contributed by atoms with E-state index in [1.165, 1.54) is 11.1 Å². The number of halogens is 2. The Labute approximate surface area is 180 Å². The van der Waals surface area contributed by atoms with Gasteiger partial charge in [0.15, 0.2) is 0 Å². The first kappa shape index (κ1) is 24.3. The van der Waals surface area contributed by atoms with E-state index in [2.05, 4.69) is 36.6 Å². The van der Waals surface area contributed by atoms with Gasteiger partial charge in [0, 0.05) is 18.8 Å². The van der Waals surface area contributed by atoms with Crippen LogP contribution in [0.15, 0.2) is 42.5 Å². The molecule has 1 saturated heterocycles. The van der Waals surface area contributed by atoms with Crippen LogP contribution in [0.5, 0.6) is 0 Å². The molecule has 1 amide bonds. The van der Waals surface area contributed by atoms with Crippen LogP contribution in [0.25, 0.3) is 0 Å². The highest BCUT2D eigenvalue weighted by Gasteiger charge is 2.24. The Balaban J connectivity index is 0.00000196. The second kappa shape index (κ2) is 11.3.